The predicted molar refractivity (Wildman–Crippen MR) is 49.6 cm³/mol. The molecular weight excluding hydrogens is 207 g/mol. The largest absolute Gasteiger partial charge is 0.298 e. The van der Waals surface area contributed by atoms with Crippen molar-refractivity contribution >= 4 is 16.1 Å². The van der Waals surface area contributed by atoms with Gasteiger partial charge in [-0.2, -0.15) is 0 Å². The molecule has 0 N–H and O–H groups in total. The van der Waals surface area contributed by atoms with Crippen molar-refractivity contribution in [3.8, 4) is 0 Å². The normalized spacial score (nSPS) is 11.4. The Morgan fingerprint density at radius 1 is 1.36 bits per heavy atom. The molecule has 0 aliphatic heterocycles. The lowest BCUT2D eigenvalue weighted by atomic mass is 10.1. The topological polar surface area (TPSA) is 51.2 Å². The average Bonchev–Trinajstić information content (AvgIpc) is 2.01. The zero-order valence-electron chi connectivity index (χ0n) is 7.74. The van der Waals surface area contributed by atoms with E-state index in [-0.39, 0.29) is 11.2 Å². The summed E-state index contributed by atoms with van der Waals surface area (Å²) in [5.74, 6) is -0.805. The Kier molecular flexibility index (Phi) is 2.71. The number of aldehydes is 1. The molecule has 1 aromatic carbocycles. The van der Waals surface area contributed by atoms with E-state index >= 15 is 0 Å². The summed E-state index contributed by atoms with van der Waals surface area (Å²) in [5.41, 5.74) is 0.0617. The maximum Gasteiger partial charge on any atom is 0.176 e. The number of aryl methyl sites for hydroxylation is 1. The number of hydrogen-bond donors (Lipinski definition) is 0. The molecule has 0 radical (unpaired) electrons. The molecule has 14 heavy (non-hydrogen) atoms. The summed E-state index contributed by atoms with van der Waals surface area (Å²) in [7, 11) is -3.56. The fourth-order valence-corrected chi connectivity index (χ4v) is 2.09. The third kappa shape index (κ3) is 1.98. The average molecular weight is 216 g/mol. The van der Waals surface area contributed by atoms with Gasteiger partial charge in [-0.25, -0.2) is 12.8 Å². The Labute approximate surface area is 81.5 Å². The number of carbonyl (C=O) groups is 1. The van der Waals surface area contributed by atoms with E-state index < -0.39 is 21.2 Å². The van der Waals surface area contributed by atoms with Crippen LogP contribution in [0.4, 0.5) is 4.39 Å². The van der Waals surface area contributed by atoms with Crippen LogP contribution in [0.5, 0.6) is 0 Å². The van der Waals surface area contributed by atoms with Crippen molar-refractivity contribution in [3.05, 3.63) is 29.1 Å². The van der Waals surface area contributed by atoms with Gasteiger partial charge in [0.25, 0.3) is 0 Å². The second kappa shape index (κ2) is 3.49. The molecule has 1 rings (SSSR count). The Hall–Kier alpha value is -1.23. The lowest BCUT2D eigenvalue weighted by Crippen LogP contribution is -2.05. The molecule has 3 nitrogen and oxygen atoms in total. The second-order valence-electron chi connectivity index (χ2n) is 3.05. The summed E-state index contributed by atoms with van der Waals surface area (Å²) in [4.78, 5) is 10.2. The summed E-state index contributed by atoms with van der Waals surface area (Å²) in [5, 5.41) is 0. The second-order valence-corrected chi connectivity index (χ2v) is 5.03. The number of benzene rings is 1. The van der Waals surface area contributed by atoms with Crippen LogP contribution < -0.4 is 0 Å². The van der Waals surface area contributed by atoms with Crippen LogP contribution in [-0.4, -0.2) is 21.0 Å². The van der Waals surface area contributed by atoms with Crippen LogP contribution in [0.15, 0.2) is 17.0 Å². The fraction of sp³-hybridized carbons (Fsp3) is 0.222. The van der Waals surface area contributed by atoms with E-state index in [4.69, 9.17) is 0 Å². The van der Waals surface area contributed by atoms with Gasteiger partial charge in [0.1, 0.15) is 5.82 Å². The lowest BCUT2D eigenvalue weighted by Gasteiger charge is -2.04. The molecule has 0 atom stereocenters. The molecule has 0 saturated heterocycles. The van der Waals surface area contributed by atoms with E-state index in [1.165, 1.54) is 6.07 Å². The highest BCUT2D eigenvalue weighted by Gasteiger charge is 2.17. The van der Waals surface area contributed by atoms with Crippen molar-refractivity contribution in [2.45, 2.75) is 11.8 Å². The first-order valence-corrected chi connectivity index (χ1v) is 5.71. The third-order valence-corrected chi connectivity index (χ3v) is 2.89. The zero-order chi connectivity index (χ0) is 10.9. The highest BCUT2D eigenvalue weighted by atomic mass is 32.2. The van der Waals surface area contributed by atoms with Crippen molar-refractivity contribution < 1.29 is 17.6 Å². The molecule has 0 amide bonds. The minimum Gasteiger partial charge on any atom is -0.298 e. The lowest BCUT2D eigenvalue weighted by molar-refractivity contribution is 0.111. The number of halogens is 1. The Bertz CT molecular complexity index is 477. The first-order valence-electron chi connectivity index (χ1n) is 3.81. The van der Waals surface area contributed by atoms with E-state index in [0.717, 1.165) is 12.3 Å². The molecule has 0 spiro atoms. The monoisotopic (exact) mass is 216 g/mol. The summed E-state index contributed by atoms with van der Waals surface area (Å²) in [6, 6.07) is 2.40. The van der Waals surface area contributed by atoms with Crippen LogP contribution in [0, 0.1) is 12.7 Å². The van der Waals surface area contributed by atoms with Gasteiger partial charge in [0.2, 0.25) is 0 Å². The van der Waals surface area contributed by atoms with Gasteiger partial charge in [-0.15, -0.1) is 0 Å². The molecule has 0 unspecified atom stereocenters. The van der Waals surface area contributed by atoms with Crippen LogP contribution in [0.1, 0.15) is 15.9 Å². The number of hydrogen-bond acceptors (Lipinski definition) is 3. The smallest absolute Gasteiger partial charge is 0.176 e. The molecule has 76 valence electrons. The van der Waals surface area contributed by atoms with Crippen LogP contribution >= 0.6 is 0 Å². The number of rotatable bonds is 2. The predicted octanol–water partition coefficient (Wildman–Crippen LogP) is 1.35. The van der Waals surface area contributed by atoms with Gasteiger partial charge in [0, 0.05) is 6.26 Å². The summed E-state index contributed by atoms with van der Waals surface area (Å²) in [6.45, 7) is 1.56. The van der Waals surface area contributed by atoms with Crippen molar-refractivity contribution in [1.29, 1.82) is 0 Å². The van der Waals surface area contributed by atoms with Gasteiger partial charge in [-0.05, 0) is 24.6 Å². The highest BCUT2D eigenvalue weighted by Crippen LogP contribution is 2.19. The van der Waals surface area contributed by atoms with Gasteiger partial charge in [-0.1, -0.05) is 0 Å². The first kappa shape index (κ1) is 10.8. The molecule has 0 heterocycles. The van der Waals surface area contributed by atoms with Crippen molar-refractivity contribution in [2.24, 2.45) is 0 Å². The number of carbonyl (C=O) groups excluding carboxylic acids is 1. The molecule has 0 aromatic heterocycles. The van der Waals surface area contributed by atoms with Crippen molar-refractivity contribution in [3.63, 3.8) is 0 Å². The van der Waals surface area contributed by atoms with E-state index in [0.29, 0.717) is 5.56 Å². The van der Waals surface area contributed by atoms with Gasteiger partial charge < -0.3 is 0 Å². The van der Waals surface area contributed by atoms with E-state index in [9.17, 15) is 17.6 Å². The third-order valence-electron chi connectivity index (χ3n) is 1.75. The van der Waals surface area contributed by atoms with Gasteiger partial charge in [0.15, 0.2) is 16.1 Å². The van der Waals surface area contributed by atoms with Crippen LogP contribution in [0.25, 0.3) is 0 Å². The van der Waals surface area contributed by atoms with Gasteiger partial charge in [-0.3, -0.25) is 4.79 Å². The molecule has 0 aliphatic carbocycles. The molecule has 0 saturated carbocycles. The Morgan fingerprint density at radius 2 is 1.93 bits per heavy atom. The standard InChI is InChI=1S/C9H9FO3S/c1-6-3-8(10)7(5-11)9(4-6)14(2,12)13/h3-5H,1-2H3. The Morgan fingerprint density at radius 3 is 2.36 bits per heavy atom. The van der Waals surface area contributed by atoms with Gasteiger partial charge >= 0.3 is 0 Å². The molecule has 1 aromatic rings. The minimum atomic E-state index is -3.56. The molecule has 0 fully saturated rings. The van der Waals surface area contributed by atoms with E-state index in [2.05, 4.69) is 0 Å². The highest BCUT2D eigenvalue weighted by molar-refractivity contribution is 7.90. The van der Waals surface area contributed by atoms with E-state index in [1.54, 1.807) is 6.92 Å². The SMILES string of the molecule is Cc1cc(F)c(C=O)c(S(C)(=O)=O)c1. The molecular formula is C9H9FO3S. The van der Waals surface area contributed by atoms with Crippen molar-refractivity contribution in [2.75, 3.05) is 6.26 Å². The summed E-state index contributed by atoms with van der Waals surface area (Å²) >= 11 is 0. The Balaban J connectivity index is 3.65. The van der Waals surface area contributed by atoms with Crippen LogP contribution in [0.3, 0.4) is 0 Å². The minimum absolute atomic E-state index is 0.213. The molecule has 0 aliphatic rings. The zero-order valence-corrected chi connectivity index (χ0v) is 8.56. The number of sulfone groups is 1. The van der Waals surface area contributed by atoms with Crippen LogP contribution in [-0.2, 0) is 9.84 Å². The maximum atomic E-state index is 13.1. The van der Waals surface area contributed by atoms with Gasteiger partial charge in [0.05, 0.1) is 10.5 Å². The van der Waals surface area contributed by atoms with E-state index in [1.807, 2.05) is 0 Å². The summed E-state index contributed by atoms with van der Waals surface area (Å²) in [6.07, 6.45) is 1.15. The molecule has 5 heteroatoms. The first-order chi connectivity index (χ1) is 6.36. The molecule has 0 bridgehead atoms. The summed E-state index contributed by atoms with van der Waals surface area (Å²) < 4.78 is 35.5. The van der Waals surface area contributed by atoms with Crippen molar-refractivity contribution in [1.82, 2.24) is 0 Å². The van der Waals surface area contributed by atoms with Crippen LogP contribution in [0.2, 0.25) is 0 Å². The quantitative estimate of drug-likeness (QED) is 0.701. The fourth-order valence-electron chi connectivity index (χ4n) is 1.14. The maximum absolute atomic E-state index is 13.1.